The number of phenols is 1. The van der Waals surface area contributed by atoms with Crippen molar-refractivity contribution in [2.24, 2.45) is 0 Å². The van der Waals surface area contributed by atoms with Crippen LogP contribution in [-0.2, 0) is 16.0 Å². The minimum atomic E-state index is -1.09. The molecule has 2 aromatic rings. The summed E-state index contributed by atoms with van der Waals surface area (Å²) in [6.45, 7) is 0. The lowest BCUT2D eigenvalue weighted by Gasteiger charge is -2.16. The van der Waals surface area contributed by atoms with Crippen LogP contribution in [0, 0.1) is 14.3 Å². The average Bonchev–Trinajstić information content (AvgIpc) is 2.61. The smallest absolute Gasteiger partial charge is 0.326 e. The number of carbonyl (C=O) groups is 2. The number of carboxylic acids is 1. The zero-order valence-corrected chi connectivity index (χ0v) is 24.0. The van der Waals surface area contributed by atoms with Crippen molar-refractivity contribution in [2.75, 3.05) is 5.33 Å². The Morgan fingerprint density at radius 3 is 2.04 bits per heavy atom. The molecule has 0 radical (unpaired) electrons. The Morgan fingerprint density at radius 1 is 1.04 bits per heavy atom. The number of halogens is 5. The molecule has 0 aromatic heterocycles. The van der Waals surface area contributed by atoms with Crippen molar-refractivity contribution < 1.29 is 24.5 Å². The van der Waals surface area contributed by atoms with Gasteiger partial charge in [0.2, 0.25) is 5.91 Å². The topological polar surface area (TPSA) is 95.9 Å². The highest BCUT2D eigenvalue weighted by Gasteiger charge is 2.21. The quantitative estimate of drug-likeness (QED) is 0.266. The second kappa shape index (κ2) is 11.1. The highest BCUT2D eigenvalue weighted by molar-refractivity contribution is 14.1. The molecule has 2 rings (SSSR count). The van der Waals surface area contributed by atoms with Gasteiger partial charge in [0.15, 0.2) is 5.75 Å². The number of aromatic hydroxyl groups is 1. The van der Waals surface area contributed by atoms with Crippen LogP contribution in [0.3, 0.4) is 0 Å². The van der Waals surface area contributed by atoms with Crippen LogP contribution in [0.25, 0.3) is 0 Å². The van der Waals surface area contributed by atoms with Gasteiger partial charge < -0.3 is 20.3 Å². The first kappa shape index (κ1) is 24.6. The van der Waals surface area contributed by atoms with E-state index in [4.69, 9.17) is 4.74 Å². The first-order valence-corrected chi connectivity index (χ1v) is 13.0. The van der Waals surface area contributed by atoms with Crippen molar-refractivity contribution in [3.8, 4) is 17.2 Å². The molecule has 3 N–H and O–H groups in total. The standard InChI is InChI=1S/C17H12BrI4NO5/c18-6-14(24)23-13(17(26)27)3-7-1-11(21)16(12(22)2-7)28-8-4-9(19)15(25)10(20)5-8/h1-2,4-5,13,25H,3,6H2,(H,23,24)(H,26,27)/t13-/m0/s1. The van der Waals surface area contributed by atoms with Crippen LogP contribution < -0.4 is 10.1 Å². The van der Waals surface area contributed by atoms with Crippen molar-refractivity contribution in [1.29, 1.82) is 0 Å². The van der Waals surface area contributed by atoms with E-state index in [1.54, 1.807) is 12.1 Å². The maximum atomic E-state index is 11.5. The fourth-order valence-corrected chi connectivity index (χ4v) is 6.21. The number of benzene rings is 2. The molecule has 0 heterocycles. The number of hydrogen-bond donors (Lipinski definition) is 3. The molecule has 0 aliphatic rings. The second-order valence-electron chi connectivity index (χ2n) is 5.52. The maximum absolute atomic E-state index is 11.5. The molecule has 0 saturated heterocycles. The summed E-state index contributed by atoms with van der Waals surface area (Å²) < 4.78 is 9.02. The van der Waals surface area contributed by atoms with Crippen molar-refractivity contribution >= 4 is 118 Å². The van der Waals surface area contributed by atoms with Crippen molar-refractivity contribution in [3.63, 3.8) is 0 Å². The van der Waals surface area contributed by atoms with Gasteiger partial charge in [-0.15, -0.1) is 0 Å². The Hall–Kier alpha value is 0.380. The van der Waals surface area contributed by atoms with Crippen molar-refractivity contribution in [2.45, 2.75) is 12.5 Å². The molecule has 6 nitrogen and oxygen atoms in total. The molecule has 0 fully saturated rings. The SMILES string of the molecule is O=C(CBr)N[C@@H](Cc1cc(I)c(Oc2cc(I)c(O)c(I)c2)c(I)c1)C(=O)O. The fraction of sp³-hybridized carbons (Fsp3) is 0.176. The Labute approximate surface area is 224 Å². The minimum absolute atomic E-state index is 0.0445. The molecule has 0 aliphatic heterocycles. The average molecular weight is 898 g/mol. The van der Waals surface area contributed by atoms with Gasteiger partial charge >= 0.3 is 5.97 Å². The van der Waals surface area contributed by atoms with Gasteiger partial charge in [-0.2, -0.15) is 0 Å². The van der Waals surface area contributed by atoms with E-state index in [2.05, 4.69) is 66.4 Å². The van der Waals surface area contributed by atoms with Gasteiger partial charge in [-0.1, -0.05) is 15.9 Å². The van der Waals surface area contributed by atoms with Gasteiger partial charge in [-0.3, -0.25) is 4.79 Å². The van der Waals surface area contributed by atoms with Crippen LogP contribution in [-0.4, -0.2) is 33.5 Å². The number of nitrogens with one attached hydrogen (secondary N) is 1. The predicted molar refractivity (Wildman–Crippen MR) is 143 cm³/mol. The van der Waals surface area contributed by atoms with E-state index in [1.165, 1.54) is 0 Å². The van der Waals surface area contributed by atoms with E-state index in [9.17, 15) is 19.8 Å². The van der Waals surface area contributed by atoms with Crippen LogP contribution in [0.15, 0.2) is 24.3 Å². The number of ether oxygens (including phenoxy) is 1. The normalized spacial score (nSPS) is 11.8. The summed E-state index contributed by atoms with van der Waals surface area (Å²) in [7, 11) is 0. The number of phenolic OH excluding ortho intramolecular Hbond substituents is 1. The van der Waals surface area contributed by atoms with E-state index < -0.39 is 12.0 Å². The summed E-state index contributed by atoms with van der Waals surface area (Å²) in [5.74, 6) is 0.00138. The van der Waals surface area contributed by atoms with Crippen molar-refractivity contribution in [1.82, 2.24) is 5.32 Å². The van der Waals surface area contributed by atoms with Gasteiger partial charge in [0.1, 0.15) is 17.5 Å². The molecule has 150 valence electrons. The van der Waals surface area contributed by atoms with Gasteiger partial charge in [-0.25, -0.2) is 4.79 Å². The fourth-order valence-electron chi connectivity index (χ4n) is 2.22. The molecule has 0 unspecified atom stereocenters. The molecule has 11 heteroatoms. The highest BCUT2D eigenvalue weighted by atomic mass is 127. The summed E-state index contributed by atoms with van der Waals surface area (Å²) >= 11 is 11.4. The molecule has 1 atom stereocenters. The van der Waals surface area contributed by atoms with E-state index in [1.807, 2.05) is 57.3 Å². The van der Waals surface area contributed by atoms with Gasteiger partial charge in [0, 0.05) is 6.42 Å². The van der Waals surface area contributed by atoms with Crippen LogP contribution in [0.5, 0.6) is 17.2 Å². The summed E-state index contributed by atoms with van der Waals surface area (Å²) in [6.07, 6.45) is 0.162. The molecule has 28 heavy (non-hydrogen) atoms. The maximum Gasteiger partial charge on any atom is 0.326 e. The summed E-state index contributed by atoms with van der Waals surface area (Å²) in [5, 5.41) is 21.8. The highest BCUT2D eigenvalue weighted by Crippen LogP contribution is 2.36. The Morgan fingerprint density at radius 2 is 1.57 bits per heavy atom. The zero-order valence-electron chi connectivity index (χ0n) is 13.8. The summed E-state index contributed by atoms with van der Waals surface area (Å²) in [6, 6.07) is 6.15. The Kier molecular flexibility index (Phi) is 9.80. The third-order valence-corrected chi connectivity index (χ3v) is 7.22. The third kappa shape index (κ3) is 6.69. The molecular weight excluding hydrogens is 886 g/mol. The van der Waals surface area contributed by atoms with Gasteiger partial charge in [0.25, 0.3) is 0 Å². The van der Waals surface area contributed by atoms with E-state index in [0.717, 1.165) is 12.7 Å². The first-order valence-electron chi connectivity index (χ1n) is 7.54. The number of amides is 1. The lowest BCUT2D eigenvalue weighted by molar-refractivity contribution is -0.141. The molecule has 2 aromatic carbocycles. The van der Waals surface area contributed by atoms with Gasteiger partial charge in [-0.05, 0) is 120 Å². The van der Waals surface area contributed by atoms with E-state index in [-0.39, 0.29) is 23.4 Å². The van der Waals surface area contributed by atoms with E-state index >= 15 is 0 Å². The molecule has 0 bridgehead atoms. The molecular formula is C17H12BrI4NO5. The number of aliphatic carboxylic acids is 1. The number of hydrogen-bond acceptors (Lipinski definition) is 4. The zero-order chi connectivity index (χ0) is 21.0. The largest absolute Gasteiger partial charge is 0.506 e. The van der Waals surface area contributed by atoms with Crippen LogP contribution >= 0.6 is 106 Å². The van der Waals surface area contributed by atoms with E-state index in [0.29, 0.717) is 18.6 Å². The first-order chi connectivity index (χ1) is 13.1. The number of rotatable bonds is 7. The lowest BCUT2D eigenvalue weighted by atomic mass is 10.1. The monoisotopic (exact) mass is 897 g/mol. The van der Waals surface area contributed by atoms with Crippen LogP contribution in [0.4, 0.5) is 0 Å². The Balaban J connectivity index is 2.27. The molecule has 0 aliphatic carbocycles. The molecule has 1 amide bonds. The van der Waals surface area contributed by atoms with Gasteiger partial charge in [0.05, 0.1) is 19.6 Å². The third-order valence-electron chi connectivity index (χ3n) is 3.46. The summed E-state index contributed by atoms with van der Waals surface area (Å²) in [4.78, 5) is 23.0. The Bertz CT molecular complexity index is 878. The summed E-state index contributed by atoms with van der Waals surface area (Å²) in [5.41, 5.74) is 0.776. The van der Waals surface area contributed by atoms with Crippen molar-refractivity contribution in [3.05, 3.63) is 44.1 Å². The van der Waals surface area contributed by atoms with Crippen LogP contribution in [0.1, 0.15) is 5.56 Å². The van der Waals surface area contributed by atoms with Crippen LogP contribution in [0.2, 0.25) is 0 Å². The minimum Gasteiger partial charge on any atom is -0.506 e. The number of carboxylic acid groups (broad SMARTS) is 1. The lowest BCUT2D eigenvalue weighted by Crippen LogP contribution is -2.42. The molecule has 0 saturated carbocycles. The number of carbonyl (C=O) groups excluding carboxylic acids is 1. The predicted octanol–water partition coefficient (Wildman–Crippen LogP) is 5.11. The number of alkyl halides is 1. The molecule has 0 spiro atoms. The second-order valence-corrected chi connectivity index (χ2v) is 10.7.